The molecule has 5 nitrogen and oxygen atoms in total. The zero-order chi connectivity index (χ0) is 21.6. The van der Waals surface area contributed by atoms with Gasteiger partial charge in [0.2, 0.25) is 0 Å². The summed E-state index contributed by atoms with van der Waals surface area (Å²) in [6.07, 6.45) is 2.06. The second-order valence-electron chi connectivity index (χ2n) is 7.82. The molecule has 1 fully saturated rings. The van der Waals surface area contributed by atoms with Gasteiger partial charge in [-0.2, -0.15) is 0 Å². The van der Waals surface area contributed by atoms with Crippen LogP contribution in [0, 0.1) is 0 Å². The van der Waals surface area contributed by atoms with E-state index in [0.29, 0.717) is 11.5 Å². The topological polar surface area (TPSA) is 61.8 Å². The van der Waals surface area contributed by atoms with Gasteiger partial charge in [0.15, 0.2) is 0 Å². The van der Waals surface area contributed by atoms with Crippen molar-refractivity contribution in [2.75, 3.05) is 39.4 Å². The van der Waals surface area contributed by atoms with Crippen molar-refractivity contribution in [3.05, 3.63) is 76.2 Å². The molecule has 0 spiro atoms. The van der Waals surface area contributed by atoms with Crippen molar-refractivity contribution in [1.29, 1.82) is 0 Å². The lowest BCUT2D eigenvalue weighted by molar-refractivity contribution is -0.0261. The summed E-state index contributed by atoms with van der Waals surface area (Å²) >= 11 is 1.49. The first-order chi connectivity index (χ1) is 15.2. The summed E-state index contributed by atoms with van der Waals surface area (Å²) in [7, 11) is 0. The van der Waals surface area contributed by atoms with Gasteiger partial charge in [0.1, 0.15) is 0 Å². The van der Waals surface area contributed by atoms with Gasteiger partial charge in [-0.25, -0.2) is 0 Å². The maximum Gasteiger partial charge on any atom is 0.261 e. The zero-order valence-corrected chi connectivity index (χ0v) is 18.5. The molecule has 162 valence electrons. The van der Waals surface area contributed by atoms with Crippen LogP contribution in [0.5, 0.6) is 0 Å². The van der Waals surface area contributed by atoms with E-state index in [4.69, 9.17) is 9.84 Å². The Kier molecular flexibility index (Phi) is 7.14. The molecule has 1 atom stereocenters. The van der Waals surface area contributed by atoms with Crippen LogP contribution in [0.3, 0.4) is 0 Å². The number of rotatable bonds is 7. The van der Waals surface area contributed by atoms with Crippen molar-refractivity contribution in [2.24, 2.45) is 0 Å². The Labute approximate surface area is 187 Å². The van der Waals surface area contributed by atoms with Crippen molar-refractivity contribution in [3.8, 4) is 0 Å². The molecular formula is C25H28N2O3S. The van der Waals surface area contributed by atoms with Crippen molar-refractivity contribution in [1.82, 2.24) is 10.2 Å². The highest BCUT2D eigenvalue weighted by Crippen LogP contribution is 2.38. The molecule has 1 amide bonds. The second kappa shape index (κ2) is 10.2. The predicted octanol–water partition coefficient (Wildman–Crippen LogP) is 4.10. The van der Waals surface area contributed by atoms with Crippen LogP contribution < -0.4 is 5.32 Å². The van der Waals surface area contributed by atoms with E-state index in [1.165, 1.54) is 22.5 Å². The highest BCUT2D eigenvalue weighted by molar-refractivity contribution is 7.21. The van der Waals surface area contributed by atoms with E-state index < -0.39 is 0 Å². The molecule has 6 heteroatoms. The van der Waals surface area contributed by atoms with Gasteiger partial charge in [-0.1, -0.05) is 60.2 Å². The molecule has 3 aromatic rings. The van der Waals surface area contributed by atoms with Gasteiger partial charge < -0.3 is 15.2 Å². The summed E-state index contributed by atoms with van der Waals surface area (Å²) < 4.78 is 7.25. The average Bonchev–Trinajstić information content (AvgIpc) is 3.18. The Morgan fingerprint density at radius 2 is 2.00 bits per heavy atom. The number of nitrogens with one attached hydrogen (secondary N) is 1. The largest absolute Gasteiger partial charge is 0.395 e. The summed E-state index contributed by atoms with van der Waals surface area (Å²) in [5.74, 6) is -0.147. The Morgan fingerprint density at radius 1 is 1.23 bits per heavy atom. The molecule has 1 unspecified atom stereocenters. The summed E-state index contributed by atoms with van der Waals surface area (Å²) in [5.41, 5.74) is 3.46. The van der Waals surface area contributed by atoms with E-state index >= 15 is 0 Å². The lowest BCUT2D eigenvalue weighted by Crippen LogP contribution is -2.39. The van der Waals surface area contributed by atoms with Crippen molar-refractivity contribution < 1.29 is 14.6 Å². The maximum absolute atomic E-state index is 12.8. The van der Waals surface area contributed by atoms with Gasteiger partial charge in [0, 0.05) is 36.4 Å². The molecule has 1 aromatic heterocycles. The highest BCUT2D eigenvalue weighted by Gasteiger charge is 2.29. The molecule has 0 radical (unpaired) electrons. The summed E-state index contributed by atoms with van der Waals surface area (Å²) in [6, 6.07) is 18.4. The molecule has 0 aliphatic carbocycles. The number of benzene rings is 2. The van der Waals surface area contributed by atoms with E-state index in [1.54, 1.807) is 0 Å². The van der Waals surface area contributed by atoms with Gasteiger partial charge in [0.05, 0.1) is 24.2 Å². The van der Waals surface area contributed by atoms with Crippen LogP contribution >= 0.6 is 11.3 Å². The second-order valence-corrected chi connectivity index (χ2v) is 8.87. The summed E-state index contributed by atoms with van der Waals surface area (Å²) in [5, 5.41) is 13.0. The number of thiophene rings is 1. The number of hydrogen-bond acceptors (Lipinski definition) is 5. The Balaban J connectivity index is 1.56. The molecule has 2 heterocycles. The SMILES string of the molecule is C/C(=C\c1ccccc1)CN1CCOC(c2c(C(=O)NCCO)sc3ccccc23)C1. The van der Waals surface area contributed by atoms with Crippen LogP contribution in [-0.2, 0) is 4.74 Å². The summed E-state index contributed by atoms with van der Waals surface area (Å²) in [4.78, 5) is 15.9. The normalized spacial score (nSPS) is 17.7. The number of amides is 1. The van der Waals surface area contributed by atoms with Gasteiger partial charge in [-0.3, -0.25) is 9.69 Å². The third kappa shape index (κ3) is 5.22. The lowest BCUT2D eigenvalue weighted by Gasteiger charge is -2.33. The minimum Gasteiger partial charge on any atom is -0.395 e. The fraction of sp³-hybridized carbons (Fsp3) is 0.320. The fourth-order valence-electron chi connectivity index (χ4n) is 4.06. The zero-order valence-electron chi connectivity index (χ0n) is 17.7. The molecule has 2 N–H and O–H groups in total. The maximum atomic E-state index is 12.8. The molecule has 1 saturated heterocycles. The monoisotopic (exact) mass is 436 g/mol. The van der Waals surface area contributed by atoms with Crippen molar-refractivity contribution >= 4 is 33.4 Å². The van der Waals surface area contributed by atoms with Crippen LogP contribution in [0.4, 0.5) is 0 Å². The number of morpholine rings is 1. The summed E-state index contributed by atoms with van der Waals surface area (Å²) in [6.45, 7) is 5.42. The average molecular weight is 437 g/mol. The predicted molar refractivity (Wildman–Crippen MR) is 126 cm³/mol. The number of fused-ring (bicyclic) bond motifs is 1. The van der Waals surface area contributed by atoms with Gasteiger partial charge in [0.25, 0.3) is 5.91 Å². The molecule has 0 saturated carbocycles. The van der Waals surface area contributed by atoms with E-state index in [1.807, 2.05) is 24.3 Å². The first-order valence-electron chi connectivity index (χ1n) is 10.6. The van der Waals surface area contributed by atoms with Crippen LogP contribution in [0.1, 0.15) is 33.8 Å². The van der Waals surface area contributed by atoms with Crippen LogP contribution in [0.2, 0.25) is 0 Å². The first-order valence-corrected chi connectivity index (χ1v) is 11.4. The van der Waals surface area contributed by atoms with Crippen LogP contribution in [-0.4, -0.2) is 55.3 Å². The minimum atomic E-state index is -0.163. The number of nitrogens with zero attached hydrogens (tertiary/aromatic N) is 1. The van der Waals surface area contributed by atoms with E-state index in [2.05, 4.69) is 53.5 Å². The number of carbonyl (C=O) groups excluding carboxylic acids is 1. The Bertz CT molecular complexity index is 1060. The number of hydrogen-bond donors (Lipinski definition) is 2. The third-order valence-corrected chi connectivity index (χ3v) is 6.58. The van der Waals surface area contributed by atoms with Gasteiger partial charge in [-0.15, -0.1) is 11.3 Å². The van der Waals surface area contributed by atoms with Gasteiger partial charge in [-0.05, 0) is 23.9 Å². The Morgan fingerprint density at radius 3 is 2.81 bits per heavy atom. The van der Waals surface area contributed by atoms with E-state index in [0.717, 1.165) is 35.3 Å². The molecule has 31 heavy (non-hydrogen) atoms. The number of aliphatic hydroxyl groups is 1. The number of carbonyl (C=O) groups is 1. The first kappa shape index (κ1) is 21.7. The molecular weight excluding hydrogens is 408 g/mol. The van der Waals surface area contributed by atoms with Crippen molar-refractivity contribution in [3.63, 3.8) is 0 Å². The van der Waals surface area contributed by atoms with Gasteiger partial charge >= 0.3 is 0 Å². The highest BCUT2D eigenvalue weighted by atomic mass is 32.1. The molecule has 1 aliphatic rings. The quantitative estimate of drug-likeness (QED) is 0.585. The van der Waals surface area contributed by atoms with Crippen LogP contribution in [0.25, 0.3) is 16.2 Å². The Hall–Kier alpha value is -2.51. The van der Waals surface area contributed by atoms with E-state index in [-0.39, 0.29) is 25.2 Å². The standard InChI is InChI=1S/C25H28N2O3S/c1-18(15-19-7-3-2-4-8-19)16-27-12-14-30-21(17-27)23-20-9-5-6-10-22(20)31-24(23)25(29)26-11-13-28/h2-10,15,21,28H,11-14,16-17H2,1H3,(H,26,29)/b18-15+. The molecule has 0 bridgehead atoms. The number of aliphatic hydroxyl groups excluding tert-OH is 1. The smallest absolute Gasteiger partial charge is 0.261 e. The number of ether oxygens (including phenoxy) is 1. The minimum absolute atomic E-state index is 0.0767. The molecule has 2 aromatic carbocycles. The lowest BCUT2D eigenvalue weighted by atomic mass is 10.0. The van der Waals surface area contributed by atoms with Crippen LogP contribution in [0.15, 0.2) is 60.2 Å². The third-order valence-electron chi connectivity index (χ3n) is 5.40. The molecule has 1 aliphatic heterocycles. The van der Waals surface area contributed by atoms with E-state index in [9.17, 15) is 4.79 Å². The molecule has 4 rings (SSSR count). The van der Waals surface area contributed by atoms with Crippen molar-refractivity contribution in [2.45, 2.75) is 13.0 Å². The fourth-order valence-corrected chi connectivity index (χ4v) is 5.23.